The third kappa shape index (κ3) is 1.71. The van der Waals surface area contributed by atoms with E-state index in [4.69, 9.17) is 11.6 Å². The fraction of sp³-hybridized carbons (Fsp3) is 0.111. The van der Waals surface area contributed by atoms with Crippen molar-refractivity contribution in [3.8, 4) is 0 Å². The SMILES string of the molecule is CSc1sc2cc(S)ccc2c1Cl. The molecule has 68 valence electrons. The van der Waals surface area contributed by atoms with Crippen LogP contribution in [0.3, 0.4) is 0 Å². The van der Waals surface area contributed by atoms with Crippen LogP contribution in [0.4, 0.5) is 0 Å². The monoisotopic (exact) mass is 246 g/mol. The molecule has 1 aromatic heterocycles. The van der Waals surface area contributed by atoms with Gasteiger partial charge in [0.15, 0.2) is 0 Å². The summed E-state index contributed by atoms with van der Waals surface area (Å²) in [6, 6.07) is 6.04. The van der Waals surface area contributed by atoms with E-state index in [1.807, 2.05) is 18.4 Å². The van der Waals surface area contributed by atoms with Crippen LogP contribution in [-0.4, -0.2) is 6.26 Å². The molecule has 1 heterocycles. The van der Waals surface area contributed by atoms with E-state index in [1.54, 1.807) is 23.1 Å². The Balaban J connectivity index is 2.76. The van der Waals surface area contributed by atoms with Crippen molar-refractivity contribution in [1.29, 1.82) is 0 Å². The smallest absolute Gasteiger partial charge is 0.0795 e. The van der Waals surface area contributed by atoms with Gasteiger partial charge in [-0.15, -0.1) is 35.7 Å². The molecular formula is C9H7ClS3. The molecule has 0 atom stereocenters. The Labute approximate surface area is 95.7 Å². The molecule has 0 aliphatic heterocycles. The molecule has 0 amide bonds. The van der Waals surface area contributed by atoms with Gasteiger partial charge in [0.2, 0.25) is 0 Å². The number of halogens is 1. The standard InChI is InChI=1S/C9H7ClS3/c1-12-9-8(10)6-3-2-5(11)4-7(6)13-9/h2-4,11H,1H3. The molecule has 13 heavy (non-hydrogen) atoms. The Morgan fingerprint density at radius 3 is 2.92 bits per heavy atom. The zero-order valence-electron chi connectivity index (χ0n) is 6.87. The summed E-state index contributed by atoms with van der Waals surface area (Å²) in [6.45, 7) is 0. The fourth-order valence-electron chi connectivity index (χ4n) is 1.16. The van der Waals surface area contributed by atoms with Crippen LogP contribution >= 0.6 is 47.3 Å². The Morgan fingerprint density at radius 1 is 1.46 bits per heavy atom. The first kappa shape index (κ1) is 9.71. The van der Waals surface area contributed by atoms with Crippen LogP contribution in [0.1, 0.15) is 0 Å². The van der Waals surface area contributed by atoms with Gasteiger partial charge in [-0.2, -0.15) is 0 Å². The van der Waals surface area contributed by atoms with Gasteiger partial charge in [0, 0.05) is 15.0 Å². The fourth-order valence-corrected chi connectivity index (χ4v) is 3.78. The molecule has 0 spiro atoms. The Kier molecular flexibility index (Phi) is 2.79. The number of thioether (sulfide) groups is 1. The molecule has 0 unspecified atom stereocenters. The third-order valence-electron chi connectivity index (χ3n) is 1.77. The van der Waals surface area contributed by atoms with Crippen LogP contribution < -0.4 is 0 Å². The molecule has 0 N–H and O–H groups in total. The van der Waals surface area contributed by atoms with Crippen molar-refractivity contribution in [2.45, 2.75) is 9.10 Å². The zero-order chi connectivity index (χ0) is 9.42. The van der Waals surface area contributed by atoms with Crippen molar-refractivity contribution in [3.63, 3.8) is 0 Å². The van der Waals surface area contributed by atoms with E-state index >= 15 is 0 Å². The molecule has 0 saturated carbocycles. The number of hydrogen-bond acceptors (Lipinski definition) is 3. The number of thiophene rings is 1. The zero-order valence-corrected chi connectivity index (χ0v) is 10.2. The Bertz CT molecular complexity index is 447. The normalized spacial score (nSPS) is 11.0. The lowest BCUT2D eigenvalue weighted by atomic mass is 10.3. The minimum absolute atomic E-state index is 0.876. The second-order valence-corrected chi connectivity index (χ2v) is 5.61. The van der Waals surface area contributed by atoms with E-state index < -0.39 is 0 Å². The number of rotatable bonds is 1. The van der Waals surface area contributed by atoms with Gasteiger partial charge in [0.25, 0.3) is 0 Å². The van der Waals surface area contributed by atoms with Crippen molar-refractivity contribution >= 4 is 57.4 Å². The lowest BCUT2D eigenvalue weighted by Crippen LogP contribution is -1.65. The Morgan fingerprint density at radius 2 is 2.23 bits per heavy atom. The van der Waals surface area contributed by atoms with Crippen LogP contribution in [0, 0.1) is 0 Å². The maximum atomic E-state index is 6.17. The first-order valence-corrected chi connectivity index (χ1v) is 6.54. The van der Waals surface area contributed by atoms with E-state index in [-0.39, 0.29) is 0 Å². The van der Waals surface area contributed by atoms with Gasteiger partial charge < -0.3 is 0 Å². The molecule has 0 radical (unpaired) electrons. The van der Waals surface area contributed by atoms with Crippen LogP contribution in [0.5, 0.6) is 0 Å². The molecule has 0 nitrogen and oxygen atoms in total. The maximum Gasteiger partial charge on any atom is 0.0795 e. The summed E-state index contributed by atoms with van der Waals surface area (Å²) < 4.78 is 2.39. The topological polar surface area (TPSA) is 0 Å². The van der Waals surface area contributed by atoms with Crippen LogP contribution in [0.15, 0.2) is 27.3 Å². The molecule has 2 rings (SSSR count). The summed E-state index contributed by atoms with van der Waals surface area (Å²) in [4.78, 5) is 0.984. The van der Waals surface area contributed by atoms with Crippen molar-refractivity contribution < 1.29 is 0 Å². The summed E-state index contributed by atoms with van der Waals surface area (Å²) in [5.41, 5.74) is 0. The molecule has 0 aliphatic rings. The lowest BCUT2D eigenvalue weighted by molar-refractivity contribution is 1.54. The summed E-state index contributed by atoms with van der Waals surface area (Å²) in [7, 11) is 0. The molecule has 0 bridgehead atoms. The van der Waals surface area contributed by atoms with Crippen LogP contribution in [0.2, 0.25) is 5.02 Å². The highest BCUT2D eigenvalue weighted by molar-refractivity contribution is 8.00. The molecule has 0 aliphatic carbocycles. The highest BCUT2D eigenvalue weighted by atomic mass is 35.5. The van der Waals surface area contributed by atoms with E-state index in [0.717, 1.165) is 15.3 Å². The number of fused-ring (bicyclic) bond motifs is 1. The van der Waals surface area contributed by atoms with Crippen molar-refractivity contribution in [2.75, 3.05) is 6.26 Å². The number of thiol groups is 1. The van der Waals surface area contributed by atoms with Crippen LogP contribution in [0.25, 0.3) is 10.1 Å². The molecule has 2 aromatic rings. The summed E-state index contributed by atoms with van der Waals surface area (Å²) in [5.74, 6) is 0. The second-order valence-electron chi connectivity index (χ2n) is 2.59. The molecule has 0 fully saturated rings. The largest absolute Gasteiger partial charge is 0.143 e. The van der Waals surface area contributed by atoms with Gasteiger partial charge in [-0.1, -0.05) is 17.7 Å². The molecule has 4 heteroatoms. The average molecular weight is 247 g/mol. The van der Waals surface area contributed by atoms with Crippen molar-refractivity contribution in [2.24, 2.45) is 0 Å². The molecule has 1 aromatic carbocycles. The van der Waals surface area contributed by atoms with Crippen LogP contribution in [-0.2, 0) is 0 Å². The van der Waals surface area contributed by atoms with Gasteiger partial charge >= 0.3 is 0 Å². The van der Waals surface area contributed by atoms with Gasteiger partial charge in [-0.25, -0.2) is 0 Å². The minimum atomic E-state index is 0.876. The summed E-state index contributed by atoms with van der Waals surface area (Å²) in [6.07, 6.45) is 2.04. The highest BCUT2D eigenvalue weighted by Gasteiger charge is 2.08. The average Bonchev–Trinajstić information content (AvgIpc) is 2.42. The summed E-state index contributed by atoms with van der Waals surface area (Å²) >= 11 is 13.9. The van der Waals surface area contributed by atoms with Crippen molar-refractivity contribution in [3.05, 3.63) is 23.2 Å². The minimum Gasteiger partial charge on any atom is -0.143 e. The highest BCUT2D eigenvalue weighted by Crippen LogP contribution is 2.41. The molecular weight excluding hydrogens is 240 g/mol. The lowest BCUT2D eigenvalue weighted by Gasteiger charge is -1.91. The summed E-state index contributed by atoms with van der Waals surface area (Å²) in [5, 5.41) is 2.01. The second kappa shape index (κ2) is 3.73. The van der Waals surface area contributed by atoms with Gasteiger partial charge in [-0.05, 0) is 18.4 Å². The van der Waals surface area contributed by atoms with Gasteiger partial charge in [0.05, 0.1) is 9.23 Å². The number of benzene rings is 1. The van der Waals surface area contributed by atoms with E-state index in [2.05, 4.69) is 18.7 Å². The third-order valence-corrected chi connectivity index (χ3v) is 4.94. The quantitative estimate of drug-likeness (QED) is 0.568. The van der Waals surface area contributed by atoms with E-state index in [1.165, 1.54) is 8.91 Å². The number of hydrogen-bond donors (Lipinski definition) is 1. The predicted octanol–water partition coefficient (Wildman–Crippen LogP) is 4.57. The van der Waals surface area contributed by atoms with Gasteiger partial charge in [-0.3, -0.25) is 0 Å². The van der Waals surface area contributed by atoms with E-state index in [9.17, 15) is 0 Å². The first-order chi connectivity index (χ1) is 6.22. The molecule has 0 saturated heterocycles. The van der Waals surface area contributed by atoms with E-state index in [0.29, 0.717) is 0 Å². The van der Waals surface area contributed by atoms with Crippen molar-refractivity contribution in [1.82, 2.24) is 0 Å². The predicted molar refractivity (Wildman–Crippen MR) is 65.9 cm³/mol. The first-order valence-electron chi connectivity index (χ1n) is 3.67. The van der Waals surface area contributed by atoms with Gasteiger partial charge in [0.1, 0.15) is 0 Å². The maximum absolute atomic E-state index is 6.17. The Hall–Kier alpha value is 0.170.